The molecular weight excluding hydrogens is 252 g/mol. The largest absolute Gasteiger partial charge is 0.446 e. The first kappa shape index (κ1) is 13.5. The molecule has 0 aromatic heterocycles. The maximum atomic E-state index is 11.4. The summed E-state index contributed by atoms with van der Waals surface area (Å²) in [5.41, 5.74) is 0. The molecule has 0 saturated carbocycles. The minimum atomic E-state index is -0.558. The third-order valence-electron chi connectivity index (χ3n) is 2.10. The average Bonchev–Trinajstić information content (AvgIpc) is 2.12. The molecule has 1 saturated heterocycles. The predicted molar refractivity (Wildman–Crippen MR) is 68.8 cm³/mol. The lowest BCUT2D eigenvalue weighted by molar-refractivity contribution is -0.148. The highest BCUT2D eigenvalue weighted by Gasteiger charge is 2.31. The fraction of sp³-hybridized carbons (Fsp3) is 0.900. The Kier molecular flexibility index (Phi) is 5.64. The SMILES string of the molecule is CC(Cl)C(=O)OC1(C)CSCCCCS1. The summed E-state index contributed by atoms with van der Waals surface area (Å²) in [7, 11) is 0. The Hall–Kier alpha value is 0.460. The van der Waals surface area contributed by atoms with Crippen molar-refractivity contribution >= 4 is 41.1 Å². The van der Waals surface area contributed by atoms with Crippen molar-refractivity contribution < 1.29 is 9.53 Å². The van der Waals surface area contributed by atoms with Gasteiger partial charge in [0.25, 0.3) is 0 Å². The first-order valence-corrected chi connectivity index (χ1v) is 7.70. The Morgan fingerprint density at radius 2 is 2.13 bits per heavy atom. The summed E-state index contributed by atoms with van der Waals surface area (Å²) in [6.07, 6.45) is 2.45. The molecule has 0 aromatic carbocycles. The molecule has 1 aliphatic heterocycles. The first-order chi connectivity index (χ1) is 7.03. The van der Waals surface area contributed by atoms with Crippen LogP contribution < -0.4 is 0 Å². The van der Waals surface area contributed by atoms with Crippen molar-refractivity contribution in [1.82, 2.24) is 0 Å². The van der Waals surface area contributed by atoms with E-state index < -0.39 is 10.3 Å². The number of rotatable bonds is 2. The zero-order valence-corrected chi connectivity index (χ0v) is 11.5. The van der Waals surface area contributed by atoms with Gasteiger partial charge in [0, 0.05) is 5.75 Å². The van der Waals surface area contributed by atoms with Gasteiger partial charge in [0.2, 0.25) is 0 Å². The van der Waals surface area contributed by atoms with Gasteiger partial charge in [-0.3, -0.25) is 4.79 Å². The van der Waals surface area contributed by atoms with Crippen LogP contribution in [-0.4, -0.2) is 33.5 Å². The van der Waals surface area contributed by atoms with E-state index in [-0.39, 0.29) is 5.97 Å². The van der Waals surface area contributed by atoms with Crippen LogP contribution >= 0.6 is 35.1 Å². The standard InChI is InChI=1S/C10H17ClO2S2/c1-8(11)9(12)13-10(2)7-14-5-3-4-6-15-10/h8H,3-7H2,1-2H3. The summed E-state index contributed by atoms with van der Waals surface area (Å²) in [4.78, 5) is 11.0. The van der Waals surface area contributed by atoms with E-state index in [1.165, 1.54) is 12.8 Å². The molecule has 2 atom stereocenters. The number of halogens is 1. The number of hydrogen-bond acceptors (Lipinski definition) is 4. The number of esters is 1. The molecule has 1 heterocycles. The maximum absolute atomic E-state index is 11.4. The van der Waals surface area contributed by atoms with Crippen molar-refractivity contribution in [2.75, 3.05) is 17.3 Å². The average molecular weight is 269 g/mol. The molecule has 0 bridgehead atoms. The summed E-state index contributed by atoms with van der Waals surface area (Å²) in [6.45, 7) is 3.63. The molecular formula is C10H17ClO2S2. The van der Waals surface area contributed by atoms with E-state index >= 15 is 0 Å². The Bertz CT molecular complexity index is 213. The number of carbonyl (C=O) groups excluding carboxylic acids is 1. The predicted octanol–water partition coefficient (Wildman–Crippen LogP) is 3.13. The summed E-state index contributed by atoms with van der Waals surface area (Å²) in [5.74, 6) is 2.76. The molecule has 0 spiro atoms. The van der Waals surface area contributed by atoms with Gasteiger partial charge in [0.05, 0.1) is 0 Å². The molecule has 0 amide bonds. The van der Waals surface area contributed by atoms with E-state index in [4.69, 9.17) is 16.3 Å². The van der Waals surface area contributed by atoms with Crippen molar-refractivity contribution in [3.8, 4) is 0 Å². The van der Waals surface area contributed by atoms with Crippen molar-refractivity contribution in [2.24, 2.45) is 0 Å². The minimum absolute atomic E-state index is 0.312. The van der Waals surface area contributed by atoms with E-state index in [0.29, 0.717) is 0 Å². The third kappa shape index (κ3) is 4.87. The van der Waals surface area contributed by atoms with Crippen LogP contribution in [0.5, 0.6) is 0 Å². The lowest BCUT2D eigenvalue weighted by Crippen LogP contribution is -2.34. The van der Waals surface area contributed by atoms with Gasteiger partial charge >= 0.3 is 5.97 Å². The number of ether oxygens (including phenoxy) is 1. The van der Waals surface area contributed by atoms with Crippen LogP contribution in [0.1, 0.15) is 26.7 Å². The van der Waals surface area contributed by atoms with Crippen molar-refractivity contribution in [1.29, 1.82) is 0 Å². The lowest BCUT2D eigenvalue weighted by atomic mass is 10.4. The lowest BCUT2D eigenvalue weighted by Gasteiger charge is -2.30. The molecule has 1 aliphatic rings. The molecule has 88 valence electrons. The quantitative estimate of drug-likeness (QED) is 0.568. The van der Waals surface area contributed by atoms with Crippen molar-refractivity contribution in [3.05, 3.63) is 0 Å². The van der Waals surface area contributed by atoms with Gasteiger partial charge in [-0.25, -0.2) is 0 Å². The Labute approximate surface area is 105 Å². The molecule has 2 nitrogen and oxygen atoms in total. The second-order valence-electron chi connectivity index (χ2n) is 3.78. The number of alkyl halides is 1. The molecule has 1 fully saturated rings. The van der Waals surface area contributed by atoms with Gasteiger partial charge in [0.1, 0.15) is 5.38 Å². The van der Waals surface area contributed by atoms with Crippen LogP contribution in [0, 0.1) is 0 Å². The molecule has 2 unspecified atom stereocenters. The molecule has 0 N–H and O–H groups in total. The molecule has 15 heavy (non-hydrogen) atoms. The summed E-state index contributed by atoms with van der Waals surface area (Å²) in [6, 6.07) is 0. The number of thioether (sulfide) groups is 2. The molecule has 0 radical (unpaired) electrons. The van der Waals surface area contributed by atoms with Crippen LogP contribution in [0.4, 0.5) is 0 Å². The fourth-order valence-corrected chi connectivity index (χ4v) is 3.78. The van der Waals surface area contributed by atoms with Crippen LogP contribution in [0.15, 0.2) is 0 Å². The van der Waals surface area contributed by atoms with E-state index in [2.05, 4.69) is 0 Å². The monoisotopic (exact) mass is 268 g/mol. The van der Waals surface area contributed by atoms with Gasteiger partial charge in [-0.1, -0.05) is 0 Å². The van der Waals surface area contributed by atoms with Gasteiger partial charge in [-0.2, -0.15) is 11.8 Å². The van der Waals surface area contributed by atoms with Crippen LogP contribution in [0.25, 0.3) is 0 Å². The van der Waals surface area contributed by atoms with Gasteiger partial charge in [-0.15, -0.1) is 23.4 Å². The highest BCUT2D eigenvalue weighted by atomic mass is 35.5. The highest BCUT2D eigenvalue weighted by Crippen LogP contribution is 2.34. The van der Waals surface area contributed by atoms with Crippen LogP contribution in [0.3, 0.4) is 0 Å². The Balaban J connectivity index is 2.50. The molecule has 0 aromatic rings. The topological polar surface area (TPSA) is 26.3 Å². The maximum Gasteiger partial charge on any atom is 0.325 e. The van der Waals surface area contributed by atoms with E-state index in [1.807, 2.05) is 18.7 Å². The van der Waals surface area contributed by atoms with Crippen LogP contribution in [-0.2, 0) is 9.53 Å². The third-order valence-corrected chi connectivity index (χ3v) is 5.12. The van der Waals surface area contributed by atoms with Gasteiger partial charge in [0.15, 0.2) is 4.93 Å². The second kappa shape index (κ2) is 6.26. The molecule has 1 rings (SSSR count). The van der Waals surface area contributed by atoms with Crippen molar-refractivity contribution in [2.45, 2.75) is 37.0 Å². The highest BCUT2D eigenvalue weighted by molar-refractivity contribution is 8.03. The fourth-order valence-electron chi connectivity index (χ4n) is 1.25. The zero-order chi connectivity index (χ0) is 11.3. The van der Waals surface area contributed by atoms with E-state index in [0.717, 1.165) is 17.3 Å². The minimum Gasteiger partial charge on any atom is -0.446 e. The van der Waals surface area contributed by atoms with Gasteiger partial charge < -0.3 is 4.74 Å². The smallest absolute Gasteiger partial charge is 0.325 e. The molecule has 0 aliphatic carbocycles. The summed E-state index contributed by atoms with van der Waals surface area (Å²) in [5, 5.41) is -0.558. The zero-order valence-electron chi connectivity index (χ0n) is 9.12. The summed E-state index contributed by atoms with van der Waals surface area (Å²) >= 11 is 9.26. The first-order valence-electron chi connectivity index (χ1n) is 5.12. The van der Waals surface area contributed by atoms with Crippen molar-refractivity contribution in [3.63, 3.8) is 0 Å². The van der Waals surface area contributed by atoms with Crippen LogP contribution in [0.2, 0.25) is 0 Å². The Morgan fingerprint density at radius 3 is 2.80 bits per heavy atom. The second-order valence-corrected chi connectivity index (χ2v) is 7.10. The van der Waals surface area contributed by atoms with E-state index in [1.54, 1.807) is 18.7 Å². The number of hydrogen-bond donors (Lipinski definition) is 0. The number of carbonyl (C=O) groups is 1. The normalized spacial score (nSPS) is 30.1. The Morgan fingerprint density at radius 1 is 1.47 bits per heavy atom. The van der Waals surface area contributed by atoms with Gasteiger partial charge in [-0.05, 0) is 38.2 Å². The summed E-state index contributed by atoms with van der Waals surface area (Å²) < 4.78 is 5.45. The molecule has 5 heteroatoms. The van der Waals surface area contributed by atoms with E-state index in [9.17, 15) is 4.79 Å².